The molecule has 0 atom stereocenters. The Balaban J connectivity index is 1.36. The second-order valence-corrected chi connectivity index (χ2v) is 7.58. The van der Waals surface area contributed by atoms with Gasteiger partial charge in [0.15, 0.2) is 0 Å². The van der Waals surface area contributed by atoms with Crippen molar-refractivity contribution in [3.8, 4) is 0 Å². The van der Waals surface area contributed by atoms with Crippen molar-refractivity contribution in [3.63, 3.8) is 0 Å². The largest absolute Gasteiger partial charge is 0.368 e. The normalized spacial score (nSPS) is 14.5. The molecule has 0 bridgehead atoms. The molecule has 1 amide bonds. The van der Waals surface area contributed by atoms with Crippen molar-refractivity contribution in [2.45, 2.75) is 6.42 Å². The lowest BCUT2D eigenvalue weighted by atomic mass is 10.1. The maximum Gasteiger partial charge on any atom is 0.269 e. The number of non-ortho nitro benzene ring substituents is 1. The average Bonchev–Trinajstić information content (AvgIpc) is 3.20. The number of anilines is 1. The van der Waals surface area contributed by atoms with Crippen LogP contribution in [-0.2, 0) is 11.2 Å². The molecule has 4 rings (SSSR count). The third-order valence-electron chi connectivity index (χ3n) is 5.64. The number of rotatable bonds is 6. The first-order chi connectivity index (χ1) is 15.0. The van der Waals surface area contributed by atoms with Crippen LogP contribution in [-0.4, -0.2) is 53.4 Å². The fourth-order valence-electron chi connectivity index (χ4n) is 3.91. The van der Waals surface area contributed by atoms with Crippen LogP contribution in [0.1, 0.15) is 11.1 Å². The highest BCUT2D eigenvalue weighted by Crippen LogP contribution is 2.22. The number of aromatic amines is 1. The van der Waals surface area contributed by atoms with Crippen LogP contribution in [0.2, 0.25) is 0 Å². The van der Waals surface area contributed by atoms with Crippen molar-refractivity contribution >= 4 is 34.3 Å². The van der Waals surface area contributed by atoms with E-state index in [1.807, 2.05) is 29.3 Å². The second kappa shape index (κ2) is 9.01. The number of amides is 1. The molecule has 2 aromatic carbocycles. The zero-order valence-corrected chi connectivity index (χ0v) is 17.2. The molecule has 1 aliphatic rings. The zero-order chi connectivity index (χ0) is 21.8. The molecule has 0 aliphatic carbocycles. The number of nitrogens with one attached hydrogen (secondary N) is 1. The van der Waals surface area contributed by atoms with Gasteiger partial charge in [0.05, 0.1) is 4.92 Å². The van der Waals surface area contributed by atoms with E-state index in [0.717, 1.165) is 28.6 Å². The Labute approximate surface area is 180 Å². The molecule has 0 spiro atoms. The van der Waals surface area contributed by atoms with Crippen LogP contribution < -0.4 is 10.6 Å². The molecule has 3 N–H and O–H groups in total. The number of H-pyrrole nitrogens is 1. The molecule has 8 nitrogen and oxygen atoms in total. The van der Waals surface area contributed by atoms with Gasteiger partial charge in [-0.2, -0.15) is 0 Å². The van der Waals surface area contributed by atoms with Gasteiger partial charge in [-0.05, 0) is 54.4 Å². The molecule has 1 aliphatic heterocycles. The molecule has 0 radical (unpaired) electrons. The van der Waals surface area contributed by atoms with Crippen molar-refractivity contribution in [1.82, 2.24) is 9.88 Å². The first kappa shape index (κ1) is 20.6. The van der Waals surface area contributed by atoms with Crippen LogP contribution >= 0.6 is 0 Å². The maximum atomic E-state index is 12.6. The Hall–Kier alpha value is -3.65. The Bertz CT molecular complexity index is 1110. The van der Waals surface area contributed by atoms with Gasteiger partial charge in [0, 0.05) is 67.2 Å². The average molecular weight is 419 g/mol. The smallest absolute Gasteiger partial charge is 0.269 e. The van der Waals surface area contributed by atoms with Crippen LogP contribution in [0.25, 0.3) is 17.0 Å². The number of hydrogen-bond acceptors (Lipinski definition) is 5. The van der Waals surface area contributed by atoms with E-state index in [0.29, 0.717) is 32.7 Å². The van der Waals surface area contributed by atoms with E-state index in [2.05, 4.69) is 16.0 Å². The minimum absolute atomic E-state index is 0.0142. The van der Waals surface area contributed by atoms with E-state index in [-0.39, 0.29) is 11.6 Å². The Morgan fingerprint density at radius 2 is 1.87 bits per heavy atom. The summed E-state index contributed by atoms with van der Waals surface area (Å²) in [5.74, 6) is -0.0142. The lowest BCUT2D eigenvalue weighted by molar-refractivity contribution is -0.384. The summed E-state index contributed by atoms with van der Waals surface area (Å²) in [6, 6.07) is 12.6. The van der Waals surface area contributed by atoms with E-state index in [1.165, 1.54) is 17.7 Å². The SMILES string of the molecule is NCCc1c[nH]c2ccc(C=CC(=O)N3CCN(c4ccc([N+](=O)[O-])cc4)CC3)cc12. The van der Waals surface area contributed by atoms with Crippen LogP contribution in [0.3, 0.4) is 0 Å². The standard InChI is InChI=1S/C23H25N5O3/c24-10-9-18-16-25-22-7-1-17(15-21(18)22)2-8-23(29)27-13-11-26(12-14-27)19-3-5-20(6-4-19)28(30)31/h1-8,15-16,25H,9-14,24H2. The molecule has 0 unspecified atom stereocenters. The number of carbonyl (C=O) groups excluding carboxylic acids is 1. The third kappa shape index (κ3) is 4.59. The van der Waals surface area contributed by atoms with Crippen LogP contribution in [0.4, 0.5) is 11.4 Å². The van der Waals surface area contributed by atoms with E-state index in [1.54, 1.807) is 18.2 Å². The number of fused-ring (bicyclic) bond motifs is 1. The van der Waals surface area contributed by atoms with E-state index in [9.17, 15) is 14.9 Å². The number of nitrogens with zero attached hydrogens (tertiary/aromatic N) is 3. The number of benzene rings is 2. The van der Waals surface area contributed by atoms with Crippen LogP contribution in [0.15, 0.2) is 54.7 Å². The summed E-state index contributed by atoms with van der Waals surface area (Å²) in [4.78, 5) is 30.3. The summed E-state index contributed by atoms with van der Waals surface area (Å²) in [6.45, 7) is 3.19. The molecule has 1 fully saturated rings. The number of nitrogens with two attached hydrogens (primary N) is 1. The molecule has 31 heavy (non-hydrogen) atoms. The molecule has 3 aromatic rings. The van der Waals surface area contributed by atoms with Crippen LogP contribution in [0, 0.1) is 10.1 Å². The summed E-state index contributed by atoms with van der Waals surface area (Å²) < 4.78 is 0. The van der Waals surface area contributed by atoms with Gasteiger partial charge in [-0.15, -0.1) is 0 Å². The highest BCUT2D eigenvalue weighted by molar-refractivity contribution is 5.93. The minimum atomic E-state index is -0.403. The Morgan fingerprint density at radius 3 is 2.55 bits per heavy atom. The van der Waals surface area contributed by atoms with Crippen molar-refractivity contribution in [1.29, 1.82) is 0 Å². The topological polar surface area (TPSA) is 108 Å². The minimum Gasteiger partial charge on any atom is -0.368 e. The van der Waals surface area contributed by atoms with Gasteiger partial charge in [-0.3, -0.25) is 14.9 Å². The molecule has 8 heteroatoms. The number of carbonyl (C=O) groups is 1. The fourth-order valence-corrected chi connectivity index (χ4v) is 3.91. The molecule has 2 heterocycles. The van der Waals surface area contributed by atoms with E-state index in [4.69, 9.17) is 5.73 Å². The Kier molecular flexibility index (Phi) is 5.99. The Morgan fingerprint density at radius 1 is 1.13 bits per heavy atom. The highest BCUT2D eigenvalue weighted by atomic mass is 16.6. The maximum absolute atomic E-state index is 12.6. The van der Waals surface area contributed by atoms with Gasteiger partial charge in [0.25, 0.3) is 5.69 Å². The van der Waals surface area contributed by atoms with Gasteiger partial charge in [0.2, 0.25) is 5.91 Å². The molecule has 1 aromatic heterocycles. The van der Waals surface area contributed by atoms with Gasteiger partial charge < -0.3 is 20.5 Å². The predicted octanol–water partition coefficient (Wildman–Crippen LogP) is 2.94. The van der Waals surface area contributed by atoms with Gasteiger partial charge in [0.1, 0.15) is 0 Å². The summed E-state index contributed by atoms with van der Waals surface area (Å²) >= 11 is 0. The molecular formula is C23H25N5O3. The van der Waals surface area contributed by atoms with Crippen molar-refractivity contribution in [3.05, 3.63) is 76.0 Å². The van der Waals surface area contributed by atoms with Crippen LogP contribution in [0.5, 0.6) is 0 Å². The van der Waals surface area contributed by atoms with E-state index >= 15 is 0 Å². The first-order valence-corrected chi connectivity index (χ1v) is 10.3. The number of nitro groups is 1. The quantitative estimate of drug-likeness (QED) is 0.363. The zero-order valence-electron chi connectivity index (χ0n) is 17.2. The summed E-state index contributed by atoms with van der Waals surface area (Å²) in [6.07, 6.45) is 6.27. The number of piperazine rings is 1. The summed E-state index contributed by atoms with van der Waals surface area (Å²) in [5, 5.41) is 11.9. The second-order valence-electron chi connectivity index (χ2n) is 7.58. The number of aromatic nitrogens is 1. The monoisotopic (exact) mass is 419 g/mol. The molecular weight excluding hydrogens is 394 g/mol. The number of nitro benzene ring substituents is 1. The lowest BCUT2D eigenvalue weighted by Crippen LogP contribution is -2.48. The molecule has 0 saturated carbocycles. The highest BCUT2D eigenvalue weighted by Gasteiger charge is 2.20. The summed E-state index contributed by atoms with van der Waals surface area (Å²) in [7, 11) is 0. The molecule has 160 valence electrons. The first-order valence-electron chi connectivity index (χ1n) is 10.3. The number of hydrogen-bond donors (Lipinski definition) is 2. The van der Waals surface area contributed by atoms with Gasteiger partial charge >= 0.3 is 0 Å². The van der Waals surface area contributed by atoms with Crippen molar-refractivity contribution < 1.29 is 9.72 Å². The van der Waals surface area contributed by atoms with Gasteiger partial charge in [-0.25, -0.2) is 0 Å². The lowest BCUT2D eigenvalue weighted by Gasteiger charge is -2.35. The van der Waals surface area contributed by atoms with Gasteiger partial charge in [-0.1, -0.05) is 6.07 Å². The fraction of sp³-hybridized carbons (Fsp3) is 0.261. The molecule has 1 saturated heterocycles. The van der Waals surface area contributed by atoms with Crippen molar-refractivity contribution in [2.75, 3.05) is 37.6 Å². The predicted molar refractivity (Wildman–Crippen MR) is 122 cm³/mol. The van der Waals surface area contributed by atoms with Crippen molar-refractivity contribution in [2.24, 2.45) is 5.73 Å². The van der Waals surface area contributed by atoms with E-state index < -0.39 is 4.92 Å². The summed E-state index contributed by atoms with van der Waals surface area (Å²) in [5.41, 5.74) is 9.92. The third-order valence-corrected chi connectivity index (χ3v) is 5.64.